The molecule has 2 unspecified atom stereocenters. The first-order chi connectivity index (χ1) is 8.00. The fourth-order valence-corrected chi connectivity index (χ4v) is 3.48. The standard InChI is InChI=1S/C13H21NO2S/c1-4-12(17(3,15)16)13(14-5-2)11-9-7-6-8-10-11/h6-10,12-14H,4-5H2,1-3H3. The Morgan fingerprint density at radius 3 is 2.18 bits per heavy atom. The smallest absolute Gasteiger partial charge is 0.152 e. The molecule has 0 aliphatic heterocycles. The number of hydrogen-bond donors (Lipinski definition) is 1. The van der Waals surface area contributed by atoms with E-state index in [9.17, 15) is 8.42 Å². The van der Waals surface area contributed by atoms with Crippen LogP contribution in [-0.2, 0) is 9.84 Å². The van der Waals surface area contributed by atoms with Gasteiger partial charge >= 0.3 is 0 Å². The topological polar surface area (TPSA) is 46.2 Å². The summed E-state index contributed by atoms with van der Waals surface area (Å²) in [7, 11) is -3.05. The Morgan fingerprint density at radius 1 is 1.18 bits per heavy atom. The van der Waals surface area contributed by atoms with Crippen molar-refractivity contribution in [2.24, 2.45) is 0 Å². The Bertz CT molecular complexity index is 428. The summed E-state index contributed by atoms with van der Waals surface area (Å²) < 4.78 is 23.6. The van der Waals surface area contributed by atoms with Gasteiger partial charge in [-0.15, -0.1) is 0 Å². The molecule has 1 N–H and O–H groups in total. The van der Waals surface area contributed by atoms with Crippen molar-refractivity contribution in [3.05, 3.63) is 35.9 Å². The van der Waals surface area contributed by atoms with E-state index in [2.05, 4.69) is 5.32 Å². The third kappa shape index (κ3) is 3.82. The van der Waals surface area contributed by atoms with Crippen molar-refractivity contribution in [2.45, 2.75) is 31.6 Å². The van der Waals surface area contributed by atoms with Gasteiger partial charge < -0.3 is 5.32 Å². The first-order valence-corrected chi connectivity index (χ1v) is 7.93. The minimum Gasteiger partial charge on any atom is -0.309 e. The van der Waals surface area contributed by atoms with Crippen molar-refractivity contribution in [1.29, 1.82) is 0 Å². The number of hydrogen-bond acceptors (Lipinski definition) is 3. The second-order valence-electron chi connectivity index (χ2n) is 4.22. The molecule has 0 saturated carbocycles. The van der Waals surface area contributed by atoms with Gasteiger partial charge in [-0.25, -0.2) is 8.42 Å². The summed E-state index contributed by atoms with van der Waals surface area (Å²) in [5.74, 6) is 0. The van der Waals surface area contributed by atoms with Crippen molar-refractivity contribution < 1.29 is 8.42 Å². The zero-order valence-electron chi connectivity index (χ0n) is 10.7. The van der Waals surface area contributed by atoms with Crippen LogP contribution in [0.4, 0.5) is 0 Å². The molecule has 0 radical (unpaired) electrons. The molecule has 0 aliphatic rings. The van der Waals surface area contributed by atoms with Gasteiger partial charge in [0.15, 0.2) is 9.84 Å². The van der Waals surface area contributed by atoms with Gasteiger partial charge in [-0.2, -0.15) is 0 Å². The highest BCUT2D eigenvalue weighted by molar-refractivity contribution is 7.91. The molecule has 17 heavy (non-hydrogen) atoms. The minimum atomic E-state index is -3.05. The molecule has 0 aromatic heterocycles. The number of rotatable bonds is 6. The van der Waals surface area contributed by atoms with Gasteiger partial charge in [0.05, 0.1) is 5.25 Å². The Labute approximate surface area is 104 Å². The van der Waals surface area contributed by atoms with Crippen LogP contribution < -0.4 is 5.32 Å². The van der Waals surface area contributed by atoms with Gasteiger partial charge in [0.2, 0.25) is 0 Å². The van der Waals surface area contributed by atoms with Gasteiger partial charge in [-0.05, 0) is 18.5 Å². The van der Waals surface area contributed by atoms with Gasteiger partial charge in [0, 0.05) is 12.3 Å². The van der Waals surface area contributed by atoms with Gasteiger partial charge in [-0.1, -0.05) is 44.2 Å². The van der Waals surface area contributed by atoms with E-state index < -0.39 is 9.84 Å². The quantitative estimate of drug-likeness (QED) is 0.847. The second-order valence-corrected chi connectivity index (χ2v) is 6.49. The minimum absolute atomic E-state index is 0.124. The van der Waals surface area contributed by atoms with Crippen LogP contribution in [0.25, 0.3) is 0 Å². The maximum atomic E-state index is 11.8. The monoisotopic (exact) mass is 255 g/mol. The van der Waals surface area contributed by atoms with E-state index in [0.29, 0.717) is 6.42 Å². The lowest BCUT2D eigenvalue weighted by molar-refractivity contribution is 0.490. The molecule has 0 aliphatic carbocycles. The first-order valence-electron chi connectivity index (χ1n) is 5.97. The molecule has 1 rings (SSSR count). The van der Waals surface area contributed by atoms with Crippen LogP contribution in [-0.4, -0.2) is 26.5 Å². The molecule has 4 heteroatoms. The lowest BCUT2D eigenvalue weighted by Crippen LogP contribution is -2.36. The zero-order chi connectivity index (χ0) is 12.9. The maximum Gasteiger partial charge on any atom is 0.152 e. The Kier molecular flexibility index (Phi) is 5.15. The van der Waals surface area contributed by atoms with Crippen molar-refractivity contribution >= 4 is 9.84 Å². The highest BCUT2D eigenvalue weighted by atomic mass is 32.2. The van der Waals surface area contributed by atoms with Gasteiger partial charge in [-0.3, -0.25) is 0 Å². The SMILES string of the molecule is CCNC(c1ccccc1)C(CC)S(C)(=O)=O. The summed E-state index contributed by atoms with van der Waals surface area (Å²) in [4.78, 5) is 0. The van der Waals surface area contributed by atoms with Crippen molar-refractivity contribution in [3.8, 4) is 0 Å². The average molecular weight is 255 g/mol. The lowest BCUT2D eigenvalue weighted by atomic mass is 10.0. The highest BCUT2D eigenvalue weighted by Gasteiger charge is 2.29. The molecule has 2 atom stereocenters. The molecule has 1 aromatic carbocycles. The first kappa shape index (κ1) is 14.2. The maximum absolute atomic E-state index is 11.8. The fraction of sp³-hybridized carbons (Fsp3) is 0.538. The Balaban J connectivity index is 3.08. The van der Waals surface area contributed by atoms with Crippen molar-refractivity contribution in [3.63, 3.8) is 0 Å². The molecule has 0 fully saturated rings. The molecule has 0 spiro atoms. The Morgan fingerprint density at radius 2 is 1.76 bits per heavy atom. The van der Waals surface area contributed by atoms with E-state index in [0.717, 1.165) is 12.1 Å². The van der Waals surface area contributed by atoms with Crippen molar-refractivity contribution in [2.75, 3.05) is 12.8 Å². The van der Waals surface area contributed by atoms with Crippen LogP contribution in [0.5, 0.6) is 0 Å². The zero-order valence-corrected chi connectivity index (χ0v) is 11.5. The highest BCUT2D eigenvalue weighted by Crippen LogP contribution is 2.24. The summed E-state index contributed by atoms with van der Waals surface area (Å²) in [5.41, 5.74) is 1.03. The second kappa shape index (κ2) is 6.17. The van der Waals surface area contributed by atoms with Gasteiger partial charge in [0.25, 0.3) is 0 Å². The fourth-order valence-electron chi connectivity index (χ4n) is 2.13. The molecular formula is C13H21NO2S. The van der Waals surface area contributed by atoms with E-state index >= 15 is 0 Å². The summed E-state index contributed by atoms with van der Waals surface area (Å²) in [6.07, 6.45) is 1.93. The summed E-state index contributed by atoms with van der Waals surface area (Å²) >= 11 is 0. The molecule has 1 aromatic rings. The number of benzene rings is 1. The van der Waals surface area contributed by atoms with E-state index in [4.69, 9.17) is 0 Å². The molecule has 96 valence electrons. The van der Waals surface area contributed by atoms with E-state index in [-0.39, 0.29) is 11.3 Å². The Hall–Kier alpha value is -0.870. The molecule has 0 heterocycles. The van der Waals surface area contributed by atoms with Crippen LogP contribution in [0.3, 0.4) is 0 Å². The van der Waals surface area contributed by atoms with Crippen molar-refractivity contribution in [1.82, 2.24) is 5.32 Å². The summed E-state index contributed by atoms with van der Waals surface area (Å²) in [5, 5.41) is 2.91. The van der Waals surface area contributed by atoms with Crippen LogP contribution >= 0.6 is 0 Å². The predicted molar refractivity (Wildman–Crippen MR) is 71.8 cm³/mol. The van der Waals surface area contributed by atoms with E-state index in [1.54, 1.807) is 0 Å². The third-order valence-corrected chi connectivity index (χ3v) is 4.61. The molecule has 0 bridgehead atoms. The normalized spacial score (nSPS) is 15.5. The molecular weight excluding hydrogens is 234 g/mol. The predicted octanol–water partition coefficient (Wildman–Crippen LogP) is 2.16. The van der Waals surface area contributed by atoms with Crippen LogP contribution in [0.15, 0.2) is 30.3 Å². The largest absolute Gasteiger partial charge is 0.309 e. The third-order valence-electron chi connectivity index (χ3n) is 2.91. The summed E-state index contributed by atoms with van der Waals surface area (Å²) in [6, 6.07) is 9.64. The number of nitrogens with one attached hydrogen (secondary N) is 1. The number of sulfone groups is 1. The molecule has 3 nitrogen and oxygen atoms in total. The van der Waals surface area contributed by atoms with Crippen LogP contribution in [0, 0.1) is 0 Å². The molecule has 0 saturated heterocycles. The van der Waals surface area contributed by atoms with E-state index in [1.807, 2.05) is 44.2 Å². The lowest BCUT2D eigenvalue weighted by Gasteiger charge is -2.26. The average Bonchev–Trinajstić information content (AvgIpc) is 2.28. The summed E-state index contributed by atoms with van der Waals surface area (Å²) in [6.45, 7) is 4.66. The van der Waals surface area contributed by atoms with Crippen LogP contribution in [0.2, 0.25) is 0 Å². The van der Waals surface area contributed by atoms with Crippen LogP contribution in [0.1, 0.15) is 31.9 Å². The van der Waals surface area contributed by atoms with E-state index in [1.165, 1.54) is 6.26 Å². The van der Waals surface area contributed by atoms with Gasteiger partial charge in [0.1, 0.15) is 0 Å². The molecule has 0 amide bonds.